The fraction of sp³-hybridized carbons (Fsp3) is 0.462. The topological polar surface area (TPSA) is 63.3 Å². The van der Waals surface area contributed by atoms with Crippen molar-refractivity contribution in [3.63, 3.8) is 0 Å². The maximum Gasteiger partial charge on any atom is 0.306 e. The molecule has 1 rings (SSSR count). The SMILES string of the molecule is NCCCCC(Cc1c(F)cccc1Cl)C(=O)O. The van der Waals surface area contributed by atoms with E-state index in [4.69, 9.17) is 22.4 Å². The van der Waals surface area contributed by atoms with Gasteiger partial charge in [0.25, 0.3) is 0 Å². The second-order valence-corrected chi connectivity index (χ2v) is 4.63. The summed E-state index contributed by atoms with van der Waals surface area (Å²) in [6.07, 6.45) is 2.09. The maximum atomic E-state index is 13.6. The molecule has 0 amide bonds. The van der Waals surface area contributed by atoms with Gasteiger partial charge < -0.3 is 10.8 Å². The quantitative estimate of drug-likeness (QED) is 0.751. The number of aliphatic carboxylic acids is 1. The summed E-state index contributed by atoms with van der Waals surface area (Å²) in [5, 5.41) is 9.40. The normalized spacial score (nSPS) is 12.4. The Morgan fingerprint density at radius 2 is 2.17 bits per heavy atom. The lowest BCUT2D eigenvalue weighted by molar-refractivity contribution is -0.142. The predicted octanol–water partition coefficient (Wildman–Crippen LogP) is 2.85. The lowest BCUT2D eigenvalue weighted by atomic mass is 9.94. The third kappa shape index (κ3) is 4.27. The molecule has 0 saturated carbocycles. The summed E-state index contributed by atoms with van der Waals surface area (Å²) in [6.45, 7) is 0.535. The van der Waals surface area contributed by atoms with Gasteiger partial charge in [0.05, 0.1) is 5.92 Å². The molecule has 0 spiro atoms. The molecular formula is C13H17ClFNO2. The van der Waals surface area contributed by atoms with Gasteiger partial charge in [-0.25, -0.2) is 4.39 Å². The third-order valence-electron chi connectivity index (χ3n) is 2.87. The Morgan fingerprint density at radius 3 is 2.72 bits per heavy atom. The first-order valence-electron chi connectivity index (χ1n) is 5.92. The van der Waals surface area contributed by atoms with Gasteiger partial charge in [-0.05, 0) is 37.9 Å². The van der Waals surface area contributed by atoms with Gasteiger partial charge in [0, 0.05) is 10.6 Å². The number of benzene rings is 1. The minimum absolute atomic E-state index is 0.116. The van der Waals surface area contributed by atoms with E-state index in [0.29, 0.717) is 13.0 Å². The smallest absolute Gasteiger partial charge is 0.306 e. The molecule has 0 aromatic heterocycles. The van der Waals surface area contributed by atoms with E-state index in [-0.39, 0.29) is 17.0 Å². The molecule has 0 saturated heterocycles. The molecule has 0 bridgehead atoms. The van der Waals surface area contributed by atoms with E-state index in [2.05, 4.69) is 0 Å². The van der Waals surface area contributed by atoms with Crippen molar-refractivity contribution in [3.8, 4) is 0 Å². The van der Waals surface area contributed by atoms with Crippen molar-refractivity contribution in [3.05, 3.63) is 34.6 Å². The van der Waals surface area contributed by atoms with Crippen molar-refractivity contribution in [2.24, 2.45) is 11.7 Å². The largest absolute Gasteiger partial charge is 0.481 e. The number of carbonyl (C=O) groups is 1. The molecule has 1 aromatic carbocycles. The van der Waals surface area contributed by atoms with Gasteiger partial charge in [-0.3, -0.25) is 4.79 Å². The number of hydrogen-bond donors (Lipinski definition) is 2. The monoisotopic (exact) mass is 273 g/mol. The van der Waals surface area contributed by atoms with Crippen LogP contribution in [0.1, 0.15) is 24.8 Å². The van der Waals surface area contributed by atoms with Gasteiger partial charge in [-0.2, -0.15) is 0 Å². The number of carboxylic acid groups (broad SMARTS) is 1. The summed E-state index contributed by atoms with van der Waals surface area (Å²) in [5.74, 6) is -2.00. The van der Waals surface area contributed by atoms with E-state index in [1.54, 1.807) is 6.07 Å². The highest BCUT2D eigenvalue weighted by Crippen LogP contribution is 2.24. The number of hydrogen-bond acceptors (Lipinski definition) is 2. The Balaban J connectivity index is 2.74. The minimum Gasteiger partial charge on any atom is -0.481 e. The van der Waals surface area contributed by atoms with Crippen LogP contribution in [0, 0.1) is 11.7 Å². The zero-order chi connectivity index (χ0) is 13.5. The van der Waals surface area contributed by atoms with Crippen LogP contribution in [0.2, 0.25) is 5.02 Å². The molecular weight excluding hydrogens is 257 g/mol. The number of unbranched alkanes of at least 4 members (excludes halogenated alkanes) is 1. The summed E-state index contributed by atoms with van der Waals surface area (Å²) in [7, 11) is 0. The average molecular weight is 274 g/mol. The lowest BCUT2D eigenvalue weighted by Crippen LogP contribution is -2.18. The standard InChI is InChI=1S/C13H17ClFNO2/c14-11-5-3-6-12(15)10(11)8-9(13(17)18)4-1-2-7-16/h3,5-6,9H,1-2,4,7-8,16H2,(H,17,18). The van der Waals surface area contributed by atoms with Crippen LogP contribution in [0.15, 0.2) is 18.2 Å². The molecule has 0 fully saturated rings. The highest BCUT2D eigenvalue weighted by molar-refractivity contribution is 6.31. The Kier molecular flexibility index (Phi) is 6.09. The zero-order valence-electron chi connectivity index (χ0n) is 10.0. The Morgan fingerprint density at radius 1 is 1.44 bits per heavy atom. The number of halogens is 2. The maximum absolute atomic E-state index is 13.6. The zero-order valence-corrected chi connectivity index (χ0v) is 10.8. The van der Waals surface area contributed by atoms with Gasteiger partial charge in [-0.1, -0.05) is 24.1 Å². The Bertz CT molecular complexity index is 392. The Labute approximate surface area is 111 Å². The van der Waals surface area contributed by atoms with Crippen molar-refractivity contribution in [2.75, 3.05) is 6.54 Å². The van der Waals surface area contributed by atoms with E-state index >= 15 is 0 Å². The third-order valence-corrected chi connectivity index (χ3v) is 3.22. The molecule has 0 aliphatic heterocycles. The fourth-order valence-electron chi connectivity index (χ4n) is 1.82. The predicted molar refractivity (Wildman–Crippen MR) is 69.1 cm³/mol. The van der Waals surface area contributed by atoms with Gasteiger partial charge in [-0.15, -0.1) is 0 Å². The van der Waals surface area contributed by atoms with E-state index in [9.17, 15) is 9.18 Å². The average Bonchev–Trinajstić information content (AvgIpc) is 2.31. The van der Waals surface area contributed by atoms with Crippen molar-refractivity contribution in [1.82, 2.24) is 0 Å². The molecule has 0 aliphatic rings. The molecule has 0 heterocycles. The van der Waals surface area contributed by atoms with Crippen LogP contribution in [-0.2, 0) is 11.2 Å². The van der Waals surface area contributed by atoms with Crippen LogP contribution in [-0.4, -0.2) is 17.6 Å². The first-order valence-corrected chi connectivity index (χ1v) is 6.29. The Hall–Kier alpha value is -1.13. The van der Waals surface area contributed by atoms with Gasteiger partial charge in [0.1, 0.15) is 5.82 Å². The molecule has 0 aliphatic carbocycles. The van der Waals surface area contributed by atoms with E-state index in [1.165, 1.54) is 12.1 Å². The summed E-state index contributed by atoms with van der Waals surface area (Å²) < 4.78 is 13.6. The molecule has 3 N–H and O–H groups in total. The first kappa shape index (κ1) is 14.9. The van der Waals surface area contributed by atoms with Gasteiger partial charge >= 0.3 is 5.97 Å². The van der Waals surface area contributed by atoms with Crippen LogP contribution in [0.25, 0.3) is 0 Å². The minimum atomic E-state index is -0.925. The number of carboxylic acids is 1. The van der Waals surface area contributed by atoms with Gasteiger partial charge in [0.2, 0.25) is 0 Å². The van der Waals surface area contributed by atoms with Crippen molar-refractivity contribution in [2.45, 2.75) is 25.7 Å². The molecule has 0 radical (unpaired) electrons. The van der Waals surface area contributed by atoms with Gasteiger partial charge in [0.15, 0.2) is 0 Å². The van der Waals surface area contributed by atoms with Crippen LogP contribution < -0.4 is 5.73 Å². The van der Waals surface area contributed by atoms with Crippen molar-refractivity contribution < 1.29 is 14.3 Å². The molecule has 100 valence electrons. The highest BCUT2D eigenvalue weighted by Gasteiger charge is 2.20. The molecule has 18 heavy (non-hydrogen) atoms. The first-order chi connectivity index (χ1) is 8.56. The lowest BCUT2D eigenvalue weighted by Gasteiger charge is -2.13. The second-order valence-electron chi connectivity index (χ2n) is 4.22. The van der Waals surface area contributed by atoms with Crippen LogP contribution >= 0.6 is 11.6 Å². The van der Waals surface area contributed by atoms with Crippen molar-refractivity contribution in [1.29, 1.82) is 0 Å². The molecule has 3 nitrogen and oxygen atoms in total. The van der Waals surface area contributed by atoms with E-state index in [0.717, 1.165) is 12.8 Å². The second kappa shape index (κ2) is 7.34. The summed E-state index contributed by atoms with van der Waals surface area (Å²) in [6, 6.07) is 4.37. The van der Waals surface area contributed by atoms with Crippen LogP contribution in [0.4, 0.5) is 4.39 Å². The summed E-state index contributed by atoms with van der Waals surface area (Å²) in [5.41, 5.74) is 5.64. The van der Waals surface area contributed by atoms with Crippen LogP contribution in [0.3, 0.4) is 0 Å². The summed E-state index contributed by atoms with van der Waals surface area (Å²) >= 11 is 5.89. The van der Waals surface area contributed by atoms with E-state index < -0.39 is 17.7 Å². The molecule has 5 heteroatoms. The molecule has 1 aromatic rings. The fourth-order valence-corrected chi connectivity index (χ4v) is 2.06. The highest BCUT2D eigenvalue weighted by atomic mass is 35.5. The van der Waals surface area contributed by atoms with E-state index in [1.807, 2.05) is 0 Å². The molecule has 1 unspecified atom stereocenters. The van der Waals surface area contributed by atoms with Crippen LogP contribution in [0.5, 0.6) is 0 Å². The number of rotatable bonds is 7. The number of nitrogens with two attached hydrogens (primary N) is 1. The van der Waals surface area contributed by atoms with Crippen molar-refractivity contribution >= 4 is 17.6 Å². The summed E-state index contributed by atoms with van der Waals surface area (Å²) in [4.78, 5) is 11.1. The molecule has 1 atom stereocenters.